The summed E-state index contributed by atoms with van der Waals surface area (Å²) in [6.07, 6.45) is 3.53. The predicted octanol–water partition coefficient (Wildman–Crippen LogP) is 2.59. The second-order valence-corrected chi connectivity index (χ2v) is 3.45. The summed E-state index contributed by atoms with van der Waals surface area (Å²) in [7, 11) is 0. The normalized spacial score (nSPS) is 10.1. The van der Waals surface area contributed by atoms with E-state index in [0.717, 1.165) is 18.1 Å². The van der Waals surface area contributed by atoms with E-state index in [4.69, 9.17) is 9.47 Å². The van der Waals surface area contributed by atoms with E-state index in [1.807, 2.05) is 31.2 Å². The van der Waals surface area contributed by atoms with Crippen LogP contribution in [0.15, 0.2) is 49.4 Å². The number of aryl methyl sites for hydroxylation is 1. The molecule has 0 unspecified atom stereocenters. The van der Waals surface area contributed by atoms with Crippen molar-refractivity contribution >= 4 is 5.97 Å². The zero-order chi connectivity index (χ0) is 13.2. The maximum atomic E-state index is 10.6. The first-order chi connectivity index (χ1) is 8.72. The van der Waals surface area contributed by atoms with Gasteiger partial charge in [-0.15, -0.1) is 0 Å². The highest BCUT2D eigenvalue weighted by Crippen LogP contribution is 2.10. The van der Waals surface area contributed by atoms with Crippen LogP contribution >= 0.6 is 0 Å². The number of benzene rings is 1. The third-order valence-electron chi connectivity index (χ3n) is 1.99. The number of carbonyl (C=O) groups is 1. The zero-order valence-electron chi connectivity index (χ0n) is 10.3. The molecule has 0 saturated heterocycles. The Morgan fingerprint density at radius 3 is 2.61 bits per heavy atom. The molecule has 0 aliphatic rings. The third-order valence-corrected chi connectivity index (χ3v) is 1.99. The van der Waals surface area contributed by atoms with E-state index < -0.39 is 5.97 Å². The first kappa shape index (κ1) is 13.8. The molecule has 0 bridgehead atoms. The Morgan fingerprint density at radius 2 is 1.94 bits per heavy atom. The molecule has 0 amide bonds. The van der Waals surface area contributed by atoms with Crippen LogP contribution in [-0.2, 0) is 14.3 Å². The van der Waals surface area contributed by atoms with Gasteiger partial charge in [-0.2, -0.15) is 0 Å². The Kier molecular flexibility index (Phi) is 6.11. The fourth-order valence-electron chi connectivity index (χ4n) is 1.09. The molecule has 4 heteroatoms. The van der Waals surface area contributed by atoms with Crippen LogP contribution in [0.4, 0.5) is 0 Å². The Labute approximate surface area is 106 Å². The summed E-state index contributed by atoms with van der Waals surface area (Å²) >= 11 is 0. The molecular weight excluding hydrogens is 232 g/mol. The van der Waals surface area contributed by atoms with Crippen molar-refractivity contribution in [2.75, 3.05) is 13.2 Å². The summed E-state index contributed by atoms with van der Waals surface area (Å²) in [6.45, 7) is 6.07. The molecule has 0 N–H and O–H groups in total. The molecular formula is C14H16O4. The summed E-state index contributed by atoms with van der Waals surface area (Å²) in [6, 6.07) is 7.75. The van der Waals surface area contributed by atoms with Crippen molar-refractivity contribution in [2.45, 2.75) is 6.92 Å². The van der Waals surface area contributed by atoms with Crippen LogP contribution in [0.25, 0.3) is 0 Å². The van der Waals surface area contributed by atoms with Gasteiger partial charge in [0.15, 0.2) is 0 Å². The summed E-state index contributed by atoms with van der Waals surface area (Å²) < 4.78 is 15.0. The van der Waals surface area contributed by atoms with Gasteiger partial charge in [-0.3, -0.25) is 0 Å². The Balaban J connectivity index is 2.10. The van der Waals surface area contributed by atoms with E-state index in [0.29, 0.717) is 13.2 Å². The van der Waals surface area contributed by atoms with E-state index in [-0.39, 0.29) is 0 Å². The van der Waals surface area contributed by atoms with Gasteiger partial charge in [0.1, 0.15) is 31.5 Å². The molecule has 0 radical (unpaired) electrons. The number of rotatable bonds is 7. The van der Waals surface area contributed by atoms with E-state index in [1.165, 1.54) is 11.8 Å². The predicted molar refractivity (Wildman–Crippen MR) is 68.1 cm³/mol. The van der Waals surface area contributed by atoms with Crippen LogP contribution in [0.5, 0.6) is 5.75 Å². The minimum atomic E-state index is -0.522. The van der Waals surface area contributed by atoms with E-state index in [1.54, 1.807) is 0 Å². The zero-order valence-corrected chi connectivity index (χ0v) is 10.3. The minimum Gasteiger partial charge on any atom is -0.494 e. The first-order valence-corrected chi connectivity index (χ1v) is 5.51. The van der Waals surface area contributed by atoms with Gasteiger partial charge in [-0.25, -0.2) is 4.79 Å². The highest BCUT2D eigenvalue weighted by molar-refractivity contribution is 5.81. The van der Waals surface area contributed by atoms with Crippen molar-refractivity contribution < 1.29 is 19.0 Å². The van der Waals surface area contributed by atoms with Crippen molar-refractivity contribution in [3.8, 4) is 5.75 Å². The topological polar surface area (TPSA) is 44.8 Å². The molecule has 96 valence electrons. The molecule has 0 saturated carbocycles. The fraction of sp³-hybridized carbons (Fsp3) is 0.214. The molecule has 0 aliphatic heterocycles. The van der Waals surface area contributed by atoms with Crippen molar-refractivity contribution in [1.82, 2.24) is 0 Å². The lowest BCUT2D eigenvalue weighted by molar-refractivity contribution is -0.132. The molecule has 18 heavy (non-hydrogen) atoms. The monoisotopic (exact) mass is 248 g/mol. The number of carbonyl (C=O) groups excluding carboxylic acids is 1. The van der Waals surface area contributed by atoms with Crippen LogP contribution in [0, 0.1) is 6.92 Å². The quantitative estimate of drug-likeness (QED) is 0.322. The van der Waals surface area contributed by atoms with Crippen LogP contribution in [0.1, 0.15) is 5.56 Å². The molecule has 0 atom stereocenters. The second-order valence-electron chi connectivity index (χ2n) is 3.45. The van der Waals surface area contributed by atoms with Gasteiger partial charge >= 0.3 is 5.97 Å². The van der Waals surface area contributed by atoms with Crippen molar-refractivity contribution in [3.05, 3.63) is 55.0 Å². The molecule has 0 heterocycles. The third kappa shape index (κ3) is 5.75. The summed E-state index contributed by atoms with van der Waals surface area (Å²) in [5.41, 5.74) is 1.19. The first-order valence-electron chi connectivity index (χ1n) is 5.51. The SMILES string of the molecule is C=CC(=O)OC=COCCOc1ccc(C)cc1. The smallest absolute Gasteiger partial charge is 0.335 e. The molecule has 0 spiro atoms. The summed E-state index contributed by atoms with van der Waals surface area (Å²) in [5.74, 6) is 0.275. The lowest BCUT2D eigenvalue weighted by Gasteiger charge is -2.05. The Hall–Kier alpha value is -2.23. The average Bonchev–Trinajstić information content (AvgIpc) is 2.39. The van der Waals surface area contributed by atoms with Crippen LogP contribution in [0.2, 0.25) is 0 Å². The van der Waals surface area contributed by atoms with Crippen LogP contribution < -0.4 is 4.74 Å². The summed E-state index contributed by atoms with van der Waals surface area (Å²) in [5, 5.41) is 0. The van der Waals surface area contributed by atoms with Gasteiger partial charge < -0.3 is 14.2 Å². The molecule has 1 aromatic carbocycles. The van der Waals surface area contributed by atoms with Gasteiger partial charge in [0.05, 0.1) is 0 Å². The molecule has 1 rings (SSSR count). The van der Waals surface area contributed by atoms with Gasteiger partial charge in [-0.1, -0.05) is 24.3 Å². The van der Waals surface area contributed by atoms with Crippen LogP contribution in [-0.4, -0.2) is 19.2 Å². The maximum absolute atomic E-state index is 10.6. The standard InChI is InChI=1S/C14H16O4/c1-3-14(15)18-11-9-16-8-10-17-13-6-4-12(2)5-7-13/h3-7,9,11H,1,8,10H2,2H3. The number of esters is 1. The van der Waals surface area contributed by atoms with Gasteiger partial charge in [0.2, 0.25) is 0 Å². The molecule has 0 aliphatic carbocycles. The lowest BCUT2D eigenvalue weighted by Crippen LogP contribution is -2.04. The van der Waals surface area contributed by atoms with E-state index in [2.05, 4.69) is 11.3 Å². The van der Waals surface area contributed by atoms with Crippen molar-refractivity contribution in [2.24, 2.45) is 0 Å². The molecule has 0 aromatic heterocycles. The second kappa shape index (κ2) is 7.95. The lowest BCUT2D eigenvalue weighted by atomic mass is 10.2. The Morgan fingerprint density at radius 1 is 1.22 bits per heavy atom. The highest BCUT2D eigenvalue weighted by Gasteiger charge is 1.92. The van der Waals surface area contributed by atoms with Crippen LogP contribution in [0.3, 0.4) is 0 Å². The largest absolute Gasteiger partial charge is 0.494 e. The molecule has 4 nitrogen and oxygen atoms in total. The van der Waals surface area contributed by atoms with Crippen molar-refractivity contribution in [1.29, 1.82) is 0 Å². The maximum Gasteiger partial charge on any atom is 0.335 e. The number of hydrogen-bond acceptors (Lipinski definition) is 4. The number of ether oxygens (including phenoxy) is 3. The van der Waals surface area contributed by atoms with E-state index in [9.17, 15) is 4.79 Å². The summed E-state index contributed by atoms with van der Waals surface area (Å²) in [4.78, 5) is 10.6. The molecule has 1 aromatic rings. The minimum absolute atomic E-state index is 0.371. The highest BCUT2D eigenvalue weighted by atomic mass is 16.5. The average molecular weight is 248 g/mol. The van der Waals surface area contributed by atoms with Gasteiger partial charge in [0.25, 0.3) is 0 Å². The Bertz CT molecular complexity index is 406. The fourth-order valence-corrected chi connectivity index (χ4v) is 1.09. The van der Waals surface area contributed by atoms with E-state index >= 15 is 0 Å². The molecule has 0 fully saturated rings. The van der Waals surface area contributed by atoms with Gasteiger partial charge in [0, 0.05) is 6.08 Å². The number of hydrogen-bond donors (Lipinski definition) is 0. The van der Waals surface area contributed by atoms with Gasteiger partial charge in [-0.05, 0) is 19.1 Å². The van der Waals surface area contributed by atoms with Crippen molar-refractivity contribution in [3.63, 3.8) is 0 Å².